The van der Waals surface area contributed by atoms with E-state index in [1.807, 2.05) is 30.3 Å². The SMILES string of the molecule is CC(C)(c1ccccc1)C(N)c1ccco1. The van der Waals surface area contributed by atoms with Gasteiger partial charge in [0, 0.05) is 5.41 Å². The van der Waals surface area contributed by atoms with Gasteiger partial charge in [0.25, 0.3) is 0 Å². The third kappa shape index (κ3) is 1.89. The van der Waals surface area contributed by atoms with E-state index in [0.717, 1.165) is 5.76 Å². The van der Waals surface area contributed by atoms with Crippen molar-refractivity contribution >= 4 is 0 Å². The summed E-state index contributed by atoms with van der Waals surface area (Å²) in [7, 11) is 0. The van der Waals surface area contributed by atoms with E-state index in [4.69, 9.17) is 10.2 Å². The van der Waals surface area contributed by atoms with Crippen LogP contribution in [-0.4, -0.2) is 0 Å². The normalized spacial score (nSPS) is 13.7. The molecule has 0 fully saturated rings. The molecule has 0 aliphatic heterocycles. The summed E-state index contributed by atoms with van der Waals surface area (Å²) in [6, 6.07) is 13.9. The summed E-state index contributed by atoms with van der Waals surface area (Å²) in [6.07, 6.45) is 1.66. The predicted octanol–water partition coefficient (Wildman–Crippen LogP) is 3.26. The molecule has 2 aromatic rings. The summed E-state index contributed by atoms with van der Waals surface area (Å²) in [6.45, 7) is 4.27. The van der Waals surface area contributed by atoms with Gasteiger partial charge in [-0.1, -0.05) is 44.2 Å². The van der Waals surface area contributed by atoms with E-state index in [-0.39, 0.29) is 11.5 Å². The van der Waals surface area contributed by atoms with Crippen LogP contribution in [0.1, 0.15) is 31.2 Å². The third-order valence-electron chi connectivity index (χ3n) is 3.15. The predicted molar refractivity (Wildman–Crippen MR) is 65.1 cm³/mol. The standard InChI is InChI=1S/C14H17NO/c1-14(2,11-7-4-3-5-8-11)13(15)12-9-6-10-16-12/h3-10,13H,15H2,1-2H3. The van der Waals surface area contributed by atoms with Crippen LogP contribution in [0.3, 0.4) is 0 Å². The number of rotatable bonds is 3. The Hall–Kier alpha value is -1.54. The first-order valence-electron chi connectivity index (χ1n) is 5.47. The Labute approximate surface area is 96.1 Å². The summed E-state index contributed by atoms with van der Waals surface area (Å²) in [5.74, 6) is 0.828. The zero-order valence-electron chi connectivity index (χ0n) is 9.68. The molecule has 84 valence electrons. The number of benzene rings is 1. The van der Waals surface area contributed by atoms with E-state index in [1.165, 1.54) is 5.56 Å². The molecule has 0 aliphatic carbocycles. The van der Waals surface area contributed by atoms with Gasteiger partial charge >= 0.3 is 0 Å². The average Bonchev–Trinajstić information content (AvgIpc) is 2.82. The largest absolute Gasteiger partial charge is 0.468 e. The molecule has 2 nitrogen and oxygen atoms in total. The zero-order valence-corrected chi connectivity index (χ0v) is 9.68. The first-order valence-corrected chi connectivity index (χ1v) is 5.47. The van der Waals surface area contributed by atoms with Crippen LogP contribution in [0.15, 0.2) is 53.1 Å². The smallest absolute Gasteiger partial charge is 0.121 e. The Kier molecular flexibility index (Phi) is 2.84. The van der Waals surface area contributed by atoms with Gasteiger partial charge in [-0.15, -0.1) is 0 Å². The summed E-state index contributed by atoms with van der Waals surface area (Å²) in [4.78, 5) is 0. The fourth-order valence-electron chi connectivity index (χ4n) is 1.87. The number of furan rings is 1. The minimum atomic E-state index is -0.140. The van der Waals surface area contributed by atoms with Crippen molar-refractivity contribution in [3.63, 3.8) is 0 Å². The molecule has 1 atom stereocenters. The molecule has 1 unspecified atom stereocenters. The van der Waals surface area contributed by atoms with Crippen LogP contribution >= 0.6 is 0 Å². The van der Waals surface area contributed by atoms with Gasteiger partial charge in [-0.05, 0) is 17.7 Å². The van der Waals surface area contributed by atoms with Crippen molar-refractivity contribution < 1.29 is 4.42 Å². The van der Waals surface area contributed by atoms with Crippen LogP contribution in [0.4, 0.5) is 0 Å². The molecule has 1 aromatic carbocycles. The Balaban J connectivity index is 2.32. The highest BCUT2D eigenvalue weighted by Crippen LogP contribution is 2.34. The van der Waals surface area contributed by atoms with Crippen LogP contribution < -0.4 is 5.73 Å². The molecule has 0 spiro atoms. The van der Waals surface area contributed by atoms with Crippen LogP contribution in [0.2, 0.25) is 0 Å². The van der Waals surface area contributed by atoms with Crippen LogP contribution in [0.25, 0.3) is 0 Å². The van der Waals surface area contributed by atoms with Crippen molar-refractivity contribution in [1.29, 1.82) is 0 Å². The van der Waals surface area contributed by atoms with Gasteiger partial charge < -0.3 is 10.2 Å². The highest BCUT2D eigenvalue weighted by molar-refractivity contribution is 5.28. The maximum atomic E-state index is 6.26. The number of hydrogen-bond acceptors (Lipinski definition) is 2. The van der Waals surface area contributed by atoms with E-state index in [1.54, 1.807) is 6.26 Å². The molecule has 2 heteroatoms. The van der Waals surface area contributed by atoms with Crippen molar-refractivity contribution in [1.82, 2.24) is 0 Å². The van der Waals surface area contributed by atoms with Gasteiger partial charge in [0.1, 0.15) is 5.76 Å². The molecule has 0 saturated heterocycles. The van der Waals surface area contributed by atoms with E-state index >= 15 is 0 Å². The lowest BCUT2D eigenvalue weighted by molar-refractivity contribution is 0.353. The minimum absolute atomic E-state index is 0.134. The first kappa shape index (κ1) is 11.0. The molecule has 1 aromatic heterocycles. The molecule has 1 heterocycles. The fraction of sp³-hybridized carbons (Fsp3) is 0.286. The highest BCUT2D eigenvalue weighted by atomic mass is 16.3. The molecular formula is C14H17NO. The molecule has 0 aliphatic rings. The number of nitrogens with two attached hydrogens (primary N) is 1. The first-order chi connectivity index (χ1) is 7.62. The molecular weight excluding hydrogens is 198 g/mol. The van der Waals surface area contributed by atoms with Crippen molar-refractivity contribution in [2.45, 2.75) is 25.3 Å². The summed E-state index contributed by atoms with van der Waals surface area (Å²) >= 11 is 0. The minimum Gasteiger partial charge on any atom is -0.468 e. The van der Waals surface area contributed by atoms with E-state index < -0.39 is 0 Å². The topological polar surface area (TPSA) is 39.2 Å². The van der Waals surface area contributed by atoms with Crippen LogP contribution in [-0.2, 0) is 5.41 Å². The lowest BCUT2D eigenvalue weighted by Gasteiger charge is -2.30. The van der Waals surface area contributed by atoms with Crippen molar-refractivity contribution in [3.05, 3.63) is 60.1 Å². The summed E-state index contributed by atoms with van der Waals surface area (Å²) in [5.41, 5.74) is 7.34. The van der Waals surface area contributed by atoms with E-state index in [9.17, 15) is 0 Å². The van der Waals surface area contributed by atoms with Crippen LogP contribution in [0.5, 0.6) is 0 Å². The third-order valence-corrected chi connectivity index (χ3v) is 3.15. The Morgan fingerprint density at radius 1 is 1.06 bits per heavy atom. The lowest BCUT2D eigenvalue weighted by atomic mass is 9.77. The van der Waals surface area contributed by atoms with Gasteiger partial charge in [0.15, 0.2) is 0 Å². The Morgan fingerprint density at radius 2 is 1.75 bits per heavy atom. The fourth-order valence-corrected chi connectivity index (χ4v) is 1.87. The highest BCUT2D eigenvalue weighted by Gasteiger charge is 2.31. The lowest BCUT2D eigenvalue weighted by Crippen LogP contribution is -2.32. The quantitative estimate of drug-likeness (QED) is 0.853. The van der Waals surface area contributed by atoms with Crippen molar-refractivity contribution in [2.24, 2.45) is 5.73 Å². The van der Waals surface area contributed by atoms with Gasteiger partial charge in [-0.25, -0.2) is 0 Å². The van der Waals surface area contributed by atoms with E-state index in [2.05, 4.69) is 26.0 Å². The average molecular weight is 215 g/mol. The van der Waals surface area contributed by atoms with Gasteiger partial charge in [-0.2, -0.15) is 0 Å². The van der Waals surface area contributed by atoms with Crippen molar-refractivity contribution in [2.75, 3.05) is 0 Å². The molecule has 0 radical (unpaired) electrons. The Morgan fingerprint density at radius 3 is 2.31 bits per heavy atom. The second kappa shape index (κ2) is 4.14. The molecule has 2 N–H and O–H groups in total. The van der Waals surface area contributed by atoms with Crippen LogP contribution in [0, 0.1) is 0 Å². The molecule has 0 saturated carbocycles. The second-order valence-electron chi connectivity index (χ2n) is 4.58. The van der Waals surface area contributed by atoms with Gasteiger partial charge in [0.2, 0.25) is 0 Å². The monoisotopic (exact) mass is 215 g/mol. The van der Waals surface area contributed by atoms with Gasteiger partial charge in [-0.3, -0.25) is 0 Å². The molecule has 0 amide bonds. The Bertz CT molecular complexity index is 431. The zero-order chi connectivity index (χ0) is 11.6. The number of hydrogen-bond donors (Lipinski definition) is 1. The van der Waals surface area contributed by atoms with E-state index in [0.29, 0.717) is 0 Å². The maximum Gasteiger partial charge on any atom is 0.121 e. The molecule has 16 heavy (non-hydrogen) atoms. The molecule has 2 rings (SSSR count). The second-order valence-corrected chi connectivity index (χ2v) is 4.58. The summed E-state index contributed by atoms with van der Waals surface area (Å²) < 4.78 is 5.38. The molecule has 0 bridgehead atoms. The van der Waals surface area contributed by atoms with Crippen molar-refractivity contribution in [3.8, 4) is 0 Å². The van der Waals surface area contributed by atoms with Gasteiger partial charge in [0.05, 0.1) is 12.3 Å². The summed E-state index contributed by atoms with van der Waals surface area (Å²) in [5, 5.41) is 0. The maximum absolute atomic E-state index is 6.26.